The molecule has 0 saturated carbocycles. The number of aryl methyl sites for hydroxylation is 2. The van der Waals surface area contributed by atoms with Gasteiger partial charge in [0, 0.05) is 10.5 Å². The normalized spacial score (nSPS) is 12.7. The van der Waals surface area contributed by atoms with Crippen molar-refractivity contribution >= 4 is 20.8 Å². The molecule has 0 heterocycles. The van der Waals surface area contributed by atoms with E-state index in [-0.39, 0.29) is 5.92 Å². The second-order valence-corrected chi connectivity index (χ2v) is 11.6. The van der Waals surface area contributed by atoms with E-state index in [1.165, 1.54) is 26.8 Å². The Kier molecular flexibility index (Phi) is 5.58. The molecule has 0 fully saturated rings. The first kappa shape index (κ1) is 19.8. The molecule has 0 spiro atoms. The van der Waals surface area contributed by atoms with Gasteiger partial charge in [0.1, 0.15) is 5.75 Å². The van der Waals surface area contributed by atoms with Crippen LogP contribution in [-0.2, 0) is 0 Å². The summed E-state index contributed by atoms with van der Waals surface area (Å²) in [5.41, 5.74) is 3.69. The van der Waals surface area contributed by atoms with Gasteiger partial charge in [0.25, 0.3) is 0 Å². The summed E-state index contributed by atoms with van der Waals surface area (Å²) < 4.78 is 0. The second-order valence-electron chi connectivity index (χ2n) is 7.80. The SMILES string of the molecule is CCS(CC)(c1cc(C)cc(C)c1)c1cc2ccccc2c(C(C)C)c1O. The maximum atomic E-state index is 11.5. The Morgan fingerprint density at radius 3 is 2.04 bits per heavy atom. The average molecular weight is 381 g/mol. The largest absolute Gasteiger partial charge is 0.507 e. The summed E-state index contributed by atoms with van der Waals surface area (Å²) in [4.78, 5) is 2.55. The van der Waals surface area contributed by atoms with Crippen molar-refractivity contribution in [3.8, 4) is 5.75 Å². The van der Waals surface area contributed by atoms with E-state index in [9.17, 15) is 5.11 Å². The molecule has 0 aliphatic rings. The Morgan fingerprint density at radius 1 is 0.889 bits per heavy atom. The summed E-state index contributed by atoms with van der Waals surface area (Å²) >= 11 is 0. The van der Waals surface area contributed by atoms with Crippen LogP contribution in [0.3, 0.4) is 0 Å². The Balaban J connectivity index is 2.40. The van der Waals surface area contributed by atoms with E-state index in [1.807, 2.05) is 0 Å². The molecule has 1 nitrogen and oxygen atoms in total. The molecule has 0 amide bonds. The van der Waals surface area contributed by atoms with E-state index in [2.05, 4.69) is 90.1 Å². The lowest BCUT2D eigenvalue weighted by Crippen LogP contribution is -2.10. The number of aromatic hydroxyl groups is 1. The Morgan fingerprint density at radius 2 is 1.48 bits per heavy atom. The highest BCUT2D eigenvalue weighted by Gasteiger charge is 2.30. The van der Waals surface area contributed by atoms with Crippen molar-refractivity contribution in [3.63, 3.8) is 0 Å². The van der Waals surface area contributed by atoms with E-state index in [0.29, 0.717) is 5.75 Å². The van der Waals surface area contributed by atoms with Gasteiger partial charge in [-0.2, -0.15) is 10.0 Å². The van der Waals surface area contributed by atoms with Gasteiger partial charge in [0.2, 0.25) is 0 Å². The molecule has 0 atom stereocenters. The number of phenols is 1. The number of benzene rings is 3. The molecule has 0 saturated heterocycles. The van der Waals surface area contributed by atoms with Crippen LogP contribution in [0.25, 0.3) is 10.8 Å². The monoisotopic (exact) mass is 380 g/mol. The zero-order valence-electron chi connectivity index (χ0n) is 17.5. The van der Waals surface area contributed by atoms with Crippen LogP contribution < -0.4 is 0 Å². The molecular weight excluding hydrogens is 348 g/mol. The van der Waals surface area contributed by atoms with Crippen molar-refractivity contribution in [1.82, 2.24) is 0 Å². The Hall–Kier alpha value is -1.93. The van der Waals surface area contributed by atoms with Crippen LogP contribution >= 0.6 is 10.0 Å². The zero-order chi connectivity index (χ0) is 19.8. The third-order valence-electron chi connectivity index (χ3n) is 5.66. The maximum Gasteiger partial charge on any atom is 0.132 e. The van der Waals surface area contributed by atoms with E-state index in [0.717, 1.165) is 22.0 Å². The molecule has 1 N–H and O–H groups in total. The molecule has 144 valence electrons. The number of rotatable bonds is 5. The number of hydrogen-bond donors (Lipinski definition) is 1. The first-order valence-corrected chi connectivity index (χ1v) is 11.9. The lowest BCUT2D eigenvalue weighted by atomic mass is 9.95. The molecule has 3 aromatic carbocycles. The van der Waals surface area contributed by atoms with Crippen LogP contribution in [0.4, 0.5) is 0 Å². The summed E-state index contributed by atoms with van der Waals surface area (Å²) in [5.74, 6) is 2.87. The predicted molar refractivity (Wildman–Crippen MR) is 121 cm³/mol. The van der Waals surface area contributed by atoms with E-state index in [4.69, 9.17) is 0 Å². The van der Waals surface area contributed by atoms with Crippen LogP contribution in [0.5, 0.6) is 5.75 Å². The van der Waals surface area contributed by atoms with E-state index < -0.39 is 10.0 Å². The summed E-state index contributed by atoms with van der Waals surface area (Å²) in [5, 5.41) is 13.9. The van der Waals surface area contributed by atoms with Gasteiger partial charge in [-0.25, -0.2) is 0 Å². The van der Waals surface area contributed by atoms with Crippen molar-refractivity contribution in [2.45, 2.75) is 57.3 Å². The molecule has 0 unspecified atom stereocenters. The van der Waals surface area contributed by atoms with E-state index >= 15 is 0 Å². The van der Waals surface area contributed by atoms with Crippen LogP contribution in [0, 0.1) is 13.8 Å². The molecule has 3 rings (SSSR count). The van der Waals surface area contributed by atoms with Gasteiger partial charge in [-0.15, -0.1) is 0 Å². The fourth-order valence-corrected chi connectivity index (χ4v) is 7.96. The Labute approximate surface area is 165 Å². The maximum absolute atomic E-state index is 11.5. The lowest BCUT2D eigenvalue weighted by molar-refractivity contribution is 0.453. The van der Waals surface area contributed by atoms with Crippen LogP contribution in [0.15, 0.2) is 58.3 Å². The predicted octanol–water partition coefficient (Wildman–Crippen LogP) is 7.55. The van der Waals surface area contributed by atoms with Crippen LogP contribution in [-0.4, -0.2) is 16.6 Å². The van der Waals surface area contributed by atoms with Crippen molar-refractivity contribution in [2.24, 2.45) is 0 Å². The van der Waals surface area contributed by atoms with Gasteiger partial charge in [0.15, 0.2) is 0 Å². The zero-order valence-corrected chi connectivity index (χ0v) is 18.3. The number of hydrogen-bond acceptors (Lipinski definition) is 1. The number of phenolic OH excluding ortho intramolecular Hbond substituents is 1. The third kappa shape index (κ3) is 3.36. The summed E-state index contributed by atoms with van der Waals surface area (Å²) in [6.45, 7) is 13.3. The molecule has 0 bridgehead atoms. The second kappa shape index (κ2) is 7.59. The molecule has 3 aromatic rings. The average Bonchev–Trinajstić information content (AvgIpc) is 2.62. The fourth-order valence-electron chi connectivity index (χ4n) is 4.35. The summed E-state index contributed by atoms with van der Waals surface area (Å²) in [6, 6.07) is 17.6. The van der Waals surface area contributed by atoms with Crippen LogP contribution in [0.1, 0.15) is 50.3 Å². The van der Waals surface area contributed by atoms with Crippen LogP contribution in [0.2, 0.25) is 0 Å². The summed E-state index contributed by atoms with van der Waals surface area (Å²) in [6.07, 6.45) is 0. The van der Waals surface area contributed by atoms with Gasteiger partial charge in [0.05, 0.1) is 0 Å². The molecule has 0 radical (unpaired) electrons. The molecule has 0 aliphatic carbocycles. The molecule has 27 heavy (non-hydrogen) atoms. The van der Waals surface area contributed by atoms with Gasteiger partial charge in [-0.3, -0.25) is 0 Å². The minimum absolute atomic E-state index is 0.278. The summed E-state index contributed by atoms with van der Waals surface area (Å²) in [7, 11) is -1.30. The number of fused-ring (bicyclic) bond motifs is 1. The highest BCUT2D eigenvalue weighted by Crippen LogP contribution is 2.66. The minimum atomic E-state index is -1.30. The molecular formula is C25H32OS. The standard InChI is InChI=1S/C25H32OS/c1-7-27(8-2,21-14-18(5)13-19(6)15-21)23-16-20-11-9-10-12-22(20)24(17(3)4)25(23)26/h9-17,26H,7-8H2,1-6H3. The quantitative estimate of drug-likeness (QED) is 0.484. The fraction of sp³-hybridized carbons (Fsp3) is 0.360. The topological polar surface area (TPSA) is 20.2 Å². The van der Waals surface area contributed by atoms with Crippen molar-refractivity contribution in [1.29, 1.82) is 0 Å². The van der Waals surface area contributed by atoms with Gasteiger partial charge in [-0.05, 0) is 76.3 Å². The molecule has 0 aromatic heterocycles. The smallest absolute Gasteiger partial charge is 0.132 e. The lowest BCUT2D eigenvalue weighted by Gasteiger charge is -2.41. The third-order valence-corrected chi connectivity index (χ3v) is 9.92. The first-order valence-electron chi connectivity index (χ1n) is 9.95. The highest BCUT2D eigenvalue weighted by molar-refractivity contribution is 8.33. The van der Waals surface area contributed by atoms with Crippen molar-refractivity contribution < 1.29 is 5.11 Å². The van der Waals surface area contributed by atoms with Gasteiger partial charge < -0.3 is 5.11 Å². The molecule has 0 aliphatic heterocycles. The van der Waals surface area contributed by atoms with E-state index in [1.54, 1.807) is 0 Å². The van der Waals surface area contributed by atoms with Crippen molar-refractivity contribution in [3.05, 3.63) is 65.2 Å². The van der Waals surface area contributed by atoms with Gasteiger partial charge in [-0.1, -0.05) is 58.0 Å². The minimum Gasteiger partial charge on any atom is -0.507 e. The van der Waals surface area contributed by atoms with Crippen molar-refractivity contribution in [2.75, 3.05) is 11.5 Å². The Bertz CT molecular complexity index is 947. The molecule has 2 heteroatoms. The highest BCUT2D eigenvalue weighted by atomic mass is 32.3. The van der Waals surface area contributed by atoms with Gasteiger partial charge >= 0.3 is 0 Å². The first-order chi connectivity index (χ1) is 12.8.